The van der Waals surface area contributed by atoms with E-state index in [1.165, 1.54) is 12.1 Å². The molecule has 0 fully saturated rings. The molecule has 4 heteroatoms. The summed E-state index contributed by atoms with van der Waals surface area (Å²) in [5, 5.41) is 17.6. The van der Waals surface area contributed by atoms with E-state index in [0.29, 0.717) is 12.2 Å². The van der Waals surface area contributed by atoms with Gasteiger partial charge in [-0.15, -0.1) is 0 Å². The lowest BCUT2D eigenvalue weighted by atomic mass is 10.1. The number of benzene rings is 2. The summed E-state index contributed by atoms with van der Waals surface area (Å²) in [4.78, 5) is 0. The quantitative estimate of drug-likeness (QED) is 0.909. The zero-order valence-electron chi connectivity index (χ0n) is 10.8. The smallest absolute Gasteiger partial charge is 0.140 e. The summed E-state index contributed by atoms with van der Waals surface area (Å²) in [5.74, 6) is 0.166. The van der Waals surface area contributed by atoms with Crippen LogP contribution in [0, 0.1) is 17.1 Å². The fourth-order valence-electron chi connectivity index (χ4n) is 1.80. The van der Waals surface area contributed by atoms with Crippen molar-refractivity contribution in [3.8, 4) is 11.8 Å². The van der Waals surface area contributed by atoms with Gasteiger partial charge in [-0.05, 0) is 41.8 Å². The van der Waals surface area contributed by atoms with Crippen LogP contribution in [0.4, 0.5) is 4.39 Å². The highest BCUT2D eigenvalue weighted by molar-refractivity contribution is 5.34. The Morgan fingerprint density at radius 2 is 1.80 bits per heavy atom. The Morgan fingerprint density at radius 1 is 1.10 bits per heavy atom. The first-order chi connectivity index (χ1) is 9.72. The standard InChI is InChI=1S/C16H14FNO2/c17-16-6-3-13(9-14(16)10-18)11-20-15-4-1-12(2-5-15)7-8-19/h1-6,9,19H,7-8,11H2. The Morgan fingerprint density at radius 3 is 2.45 bits per heavy atom. The van der Waals surface area contributed by atoms with Gasteiger partial charge in [-0.3, -0.25) is 0 Å². The maximum atomic E-state index is 13.2. The molecule has 0 unspecified atom stereocenters. The second-order valence-corrected chi connectivity index (χ2v) is 4.33. The first-order valence-electron chi connectivity index (χ1n) is 6.24. The normalized spacial score (nSPS) is 10.1. The molecule has 3 nitrogen and oxygen atoms in total. The first-order valence-corrected chi connectivity index (χ1v) is 6.24. The van der Waals surface area contributed by atoms with Gasteiger partial charge < -0.3 is 9.84 Å². The van der Waals surface area contributed by atoms with Gasteiger partial charge in [-0.25, -0.2) is 4.39 Å². The van der Waals surface area contributed by atoms with Crippen LogP contribution in [0.1, 0.15) is 16.7 Å². The lowest BCUT2D eigenvalue weighted by molar-refractivity contribution is 0.298. The molecule has 0 aliphatic heterocycles. The van der Waals surface area contributed by atoms with E-state index < -0.39 is 5.82 Å². The van der Waals surface area contributed by atoms with E-state index in [2.05, 4.69) is 0 Å². The highest BCUT2D eigenvalue weighted by Gasteiger charge is 2.03. The molecule has 0 aliphatic rings. The van der Waals surface area contributed by atoms with Gasteiger partial charge in [-0.1, -0.05) is 18.2 Å². The van der Waals surface area contributed by atoms with Crippen LogP contribution >= 0.6 is 0 Å². The third-order valence-electron chi connectivity index (χ3n) is 2.88. The molecule has 0 saturated carbocycles. The summed E-state index contributed by atoms with van der Waals surface area (Å²) in [7, 11) is 0. The minimum Gasteiger partial charge on any atom is -0.489 e. The molecule has 0 radical (unpaired) electrons. The summed E-state index contributed by atoms with van der Waals surface area (Å²) < 4.78 is 18.7. The second-order valence-electron chi connectivity index (χ2n) is 4.33. The summed E-state index contributed by atoms with van der Waals surface area (Å²) in [6, 6.07) is 13.6. The van der Waals surface area contributed by atoms with Gasteiger partial charge in [0.1, 0.15) is 24.2 Å². The molecule has 1 N–H and O–H groups in total. The molecule has 0 atom stereocenters. The molecule has 0 spiro atoms. The predicted octanol–water partition coefficient (Wildman–Crippen LogP) is 2.81. The first kappa shape index (κ1) is 14.0. The minimum absolute atomic E-state index is 0.0180. The minimum atomic E-state index is -0.524. The van der Waals surface area contributed by atoms with Gasteiger partial charge in [0.05, 0.1) is 5.56 Å². The maximum absolute atomic E-state index is 13.2. The summed E-state index contributed by atoms with van der Waals surface area (Å²) in [6.07, 6.45) is 0.615. The molecule has 0 heterocycles. The van der Waals surface area contributed by atoms with E-state index in [9.17, 15) is 4.39 Å². The van der Waals surface area contributed by atoms with Crippen LogP contribution in [-0.4, -0.2) is 11.7 Å². The number of aliphatic hydroxyl groups is 1. The van der Waals surface area contributed by atoms with E-state index in [4.69, 9.17) is 15.1 Å². The molecule has 2 aromatic carbocycles. The summed E-state index contributed by atoms with van der Waals surface area (Å²) in [6.45, 7) is 0.390. The van der Waals surface area contributed by atoms with Gasteiger partial charge in [-0.2, -0.15) is 5.26 Å². The number of aliphatic hydroxyl groups excluding tert-OH is 1. The molecule has 2 rings (SSSR count). The van der Waals surface area contributed by atoms with Crippen LogP contribution < -0.4 is 4.74 Å². The van der Waals surface area contributed by atoms with E-state index in [-0.39, 0.29) is 18.8 Å². The zero-order chi connectivity index (χ0) is 14.4. The van der Waals surface area contributed by atoms with Crippen molar-refractivity contribution in [2.75, 3.05) is 6.61 Å². The van der Waals surface area contributed by atoms with E-state index >= 15 is 0 Å². The Bertz CT molecular complexity index is 617. The van der Waals surface area contributed by atoms with Gasteiger partial charge in [0, 0.05) is 6.61 Å². The van der Waals surface area contributed by atoms with Gasteiger partial charge >= 0.3 is 0 Å². The lowest BCUT2D eigenvalue weighted by Crippen LogP contribution is -1.97. The number of nitrogens with zero attached hydrogens (tertiary/aromatic N) is 1. The summed E-state index contributed by atoms with van der Waals surface area (Å²) in [5.41, 5.74) is 1.79. The maximum Gasteiger partial charge on any atom is 0.140 e. The topological polar surface area (TPSA) is 53.2 Å². The lowest BCUT2D eigenvalue weighted by Gasteiger charge is -2.07. The highest BCUT2D eigenvalue weighted by atomic mass is 19.1. The van der Waals surface area contributed by atoms with Gasteiger partial charge in [0.25, 0.3) is 0 Å². The molecule has 0 aliphatic carbocycles. The fraction of sp³-hybridized carbons (Fsp3) is 0.188. The largest absolute Gasteiger partial charge is 0.489 e. The van der Waals surface area contributed by atoms with Gasteiger partial charge in [0.15, 0.2) is 0 Å². The van der Waals surface area contributed by atoms with Crippen molar-refractivity contribution in [2.24, 2.45) is 0 Å². The van der Waals surface area contributed by atoms with Crippen LogP contribution in [-0.2, 0) is 13.0 Å². The van der Waals surface area contributed by atoms with Crippen LogP contribution in [0.3, 0.4) is 0 Å². The SMILES string of the molecule is N#Cc1cc(COc2ccc(CCO)cc2)ccc1F. The van der Waals surface area contributed by atoms with Crippen molar-refractivity contribution in [1.29, 1.82) is 5.26 Å². The molecular weight excluding hydrogens is 257 g/mol. The van der Waals surface area contributed by atoms with Crippen molar-refractivity contribution in [2.45, 2.75) is 13.0 Å². The Labute approximate surface area is 116 Å². The molecule has 2 aromatic rings. The Hall–Kier alpha value is -2.38. The van der Waals surface area contributed by atoms with E-state index in [1.807, 2.05) is 24.3 Å². The third kappa shape index (κ3) is 3.56. The molecule has 102 valence electrons. The Balaban J connectivity index is 2.00. The van der Waals surface area contributed by atoms with Crippen molar-refractivity contribution in [3.05, 3.63) is 65.0 Å². The fourth-order valence-corrected chi connectivity index (χ4v) is 1.80. The Kier molecular flexibility index (Phi) is 4.70. The molecule has 0 bridgehead atoms. The van der Waals surface area contributed by atoms with Crippen LogP contribution in [0.5, 0.6) is 5.75 Å². The number of hydrogen-bond acceptors (Lipinski definition) is 3. The zero-order valence-corrected chi connectivity index (χ0v) is 10.8. The van der Waals surface area contributed by atoms with E-state index in [0.717, 1.165) is 11.1 Å². The van der Waals surface area contributed by atoms with Crippen molar-refractivity contribution >= 4 is 0 Å². The van der Waals surface area contributed by atoms with Crippen LogP contribution in [0.15, 0.2) is 42.5 Å². The van der Waals surface area contributed by atoms with E-state index in [1.54, 1.807) is 12.1 Å². The molecule has 0 amide bonds. The summed E-state index contributed by atoms with van der Waals surface area (Å²) >= 11 is 0. The second kappa shape index (κ2) is 6.69. The number of nitriles is 1. The molecular formula is C16H14FNO2. The van der Waals surface area contributed by atoms with Crippen LogP contribution in [0.2, 0.25) is 0 Å². The average Bonchev–Trinajstić information content (AvgIpc) is 2.48. The molecule has 20 heavy (non-hydrogen) atoms. The molecule has 0 saturated heterocycles. The van der Waals surface area contributed by atoms with Crippen LogP contribution in [0.25, 0.3) is 0 Å². The van der Waals surface area contributed by atoms with Crippen molar-refractivity contribution in [1.82, 2.24) is 0 Å². The number of ether oxygens (including phenoxy) is 1. The number of halogens is 1. The van der Waals surface area contributed by atoms with Crippen molar-refractivity contribution < 1.29 is 14.2 Å². The van der Waals surface area contributed by atoms with Gasteiger partial charge in [0.2, 0.25) is 0 Å². The van der Waals surface area contributed by atoms with Crippen molar-refractivity contribution in [3.63, 3.8) is 0 Å². The number of hydrogen-bond donors (Lipinski definition) is 1. The number of rotatable bonds is 5. The molecule has 0 aromatic heterocycles. The highest BCUT2D eigenvalue weighted by Crippen LogP contribution is 2.16. The average molecular weight is 271 g/mol. The monoisotopic (exact) mass is 271 g/mol. The third-order valence-corrected chi connectivity index (χ3v) is 2.88. The predicted molar refractivity (Wildman–Crippen MR) is 72.7 cm³/mol.